The normalized spacial score (nSPS) is 16.4. The van der Waals surface area contributed by atoms with E-state index in [0.717, 1.165) is 23.2 Å². The molecule has 5 nitrogen and oxygen atoms in total. The lowest BCUT2D eigenvalue weighted by atomic mass is 9.97. The summed E-state index contributed by atoms with van der Waals surface area (Å²) >= 11 is 0. The lowest BCUT2D eigenvalue weighted by molar-refractivity contribution is 0.0738. The second-order valence-corrected chi connectivity index (χ2v) is 8.49. The standard InChI is InChI=1S/C28H27N3O2/c32-28(26-8-4-5-9-27(26)30-25-6-2-1-3-7-25)31-14-15-33-20-22(19-31)16-21-10-11-24-18-29-13-12-23(24)17-21/h1-13,17-18,22,30H,14-16,19-20H2. The van der Waals surface area contributed by atoms with Crippen LogP contribution in [0.3, 0.4) is 0 Å². The van der Waals surface area contributed by atoms with Crippen molar-refractivity contribution in [1.82, 2.24) is 9.88 Å². The fraction of sp³-hybridized carbons (Fsp3) is 0.214. The van der Waals surface area contributed by atoms with Crippen LogP contribution < -0.4 is 5.32 Å². The molecule has 1 aliphatic heterocycles. The Hall–Kier alpha value is -3.70. The maximum Gasteiger partial charge on any atom is 0.256 e. The Bertz CT molecular complexity index is 1240. The molecule has 3 aromatic carbocycles. The number of carbonyl (C=O) groups excluding carboxylic acids is 1. The molecular weight excluding hydrogens is 410 g/mol. The summed E-state index contributed by atoms with van der Waals surface area (Å²) in [6, 6.07) is 26.2. The number of aromatic nitrogens is 1. The van der Waals surface area contributed by atoms with Crippen LogP contribution in [0, 0.1) is 5.92 Å². The number of hydrogen-bond acceptors (Lipinski definition) is 4. The van der Waals surface area contributed by atoms with Gasteiger partial charge < -0.3 is 15.0 Å². The van der Waals surface area contributed by atoms with Gasteiger partial charge in [-0.05, 0) is 47.7 Å². The summed E-state index contributed by atoms with van der Waals surface area (Å²) in [5.41, 5.74) is 3.71. The van der Waals surface area contributed by atoms with Crippen molar-refractivity contribution in [1.29, 1.82) is 0 Å². The number of carbonyl (C=O) groups is 1. The predicted octanol–water partition coefficient (Wildman–Crippen LogP) is 5.31. The lowest BCUT2D eigenvalue weighted by Crippen LogP contribution is -2.36. The van der Waals surface area contributed by atoms with Crippen LogP contribution in [0.1, 0.15) is 15.9 Å². The molecule has 1 unspecified atom stereocenters. The predicted molar refractivity (Wildman–Crippen MR) is 132 cm³/mol. The topological polar surface area (TPSA) is 54.5 Å². The third-order valence-corrected chi connectivity index (χ3v) is 6.06. The van der Waals surface area contributed by atoms with E-state index in [2.05, 4.69) is 28.5 Å². The van der Waals surface area contributed by atoms with Crippen LogP contribution in [0.4, 0.5) is 11.4 Å². The molecule has 1 aromatic heterocycles. The molecule has 166 valence electrons. The van der Waals surface area contributed by atoms with E-state index in [0.29, 0.717) is 31.9 Å². The van der Waals surface area contributed by atoms with E-state index in [-0.39, 0.29) is 11.8 Å². The first kappa shape index (κ1) is 21.2. The summed E-state index contributed by atoms with van der Waals surface area (Å²) in [4.78, 5) is 19.7. The Morgan fingerprint density at radius 3 is 2.76 bits per heavy atom. The summed E-state index contributed by atoms with van der Waals surface area (Å²) < 4.78 is 5.89. The van der Waals surface area contributed by atoms with Gasteiger partial charge in [-0.1, -0.05) is 48.5 Å². The Balaban J connectivity index is 1.33. The van der Waals surface area contributed by atoms with Gasteiger partial charge in [-0.3, -0.25) is 9.78 Å². The van der Waals surface area contributed by atoms with Crippen LogP contribution in [0.5, 0.6) is 0 Å². The van der Waals surface area contributed by atoms with Crippen LogP contribution in [0.2, 0.25) is 0 Å². The molecule has 33 heavy (non-hydrogen) atoms. The van der Waals surface area contributed by atoms with E-state index < -0.39 is 0 Å². The molecule has 2 heterocycles. The van der Waals surface area contributed by atoms with E-state index in [4.69, 9.17) is 4.74 Å². The Labute approximate surface area is 194 Å². The first-order valence-corrected chi connectivity index (χ1v) is 11.4. The average molecular weight is 438 g/mol. The van der Waals surface area contributed by atoms with Crippen molar-refractivity contribution in [3.63, 3.8) is 0 Å². The quantitative estimate of drug-likeness (QED) is 0.460. The van der Waals surface area contributed by atoms with Crippen LogP contribution in [0.15, 0.2) is 91.3 Å². The van der Waals surface area contributed by atoms with E-state index in [1.54, 1.807) is 0 Å². The highest BCUT2D eigenvalue weighted by Gasteiger charge is 2.25. The molecule has 0 aliphatic carbocycles. The van der Waals surface area contributed by atoms with Crippen molar-refractivity contribution in [2.75, 3.05) is 31.6 Å². The van der Waals surface area contributed by atoms with E-state index in [9.17, 15) is 4.79 Å². The maximum atomic E-state index is 13.6. The molecule has 1 amide bonds. The molecule has 0 bridgehead atoms. The van der Waals surface area contributed by atoms with Gasteiger partial charge >= 0.3 is 0 Å². The van der Waals surface area contributed by atoms with Crippen LogP contribution in [-0.4, -0.2) is 42.1 Å². The minimum absolute atomic E-state index is 0.0362. The van der Waals surface area contributed by atoms with Crippen molar-refractivity contribution in [2.45, 2.75) is 6.42 Å². The third kappa shape index (κ3) is 5.04. The number of nitrogens with zero attached hydrogens (tertiary/aromatic N) is 2. The summed E-state index contributed by atoms with van der Waals surface area (Å²) in [5, 5.41) is 5.72. The van der Waals surface area contributed by atoms with E-state index in [1.165, 1.54) is 10.9 Å². The first-order valence-electron chi connectivity index (χ1n) is 11.4. The van der Waals surface area contributed by atoms with Crippen molar-refractivity contribution in [3.8, 4) is 0 Å². The molecule has 1 atom stereocenters. The number of amides is 1. The van der Waals surface area contributed by atoms with E-state index in [1.807, 2.05) is 78.0 Å². The summed E-state index contributed by atoms with van der Waals surface area (Å²) in [6.07, 6.45) is 4.57. The largest absolute Gasteiger partial charge is 0.379 e. The van der Waals surface area contributed by atoms with Gasteiger partial charge in [0.25, 0.3) is 5.91 Å². The first-order chi connectivity index (χ1) is 16.3. The number of para-hydroxylation sites is 2. The Morgan fingerprint density at radius 1 is 1.00 bits per heavy atom. The van der Waals surface area contributed by atoms with Gasteiger partial charge in [-0.15, -0.1) is 0 Å². The molecular formula is C28H27N3O2. The fourth-order valence-corrected chi connectivity index (χ4v) is 4.41. The van der Waals surface area contributed by atoms with Crippen molar-refractivity contribution < 1.29 is 9.53 Å². The number of anilines is 2. The van der Waals surface area contributed by atoms with Crippen molar-refractivity contribution >= 4 is 28.1 Å². The minimum atomic E-state index is 0.0362. The molecule has 5 rings (SSSR count). The van der Waals surface area contributed by atoms with Gasteiger partial charge in [0.1, 0.15) is 0 Å². The Morgan fingerprint density at radius 2 is 1.85 bits per heavy atom. The summed E-state index contributed by atoms with van der Waals surface area (Å²) in [7, 11) is 0. The monoisotopic (exact) mass is 437 g/mol. The smallest absolute Gasteiger partial charge is 0.256 e. The van der Waals surface area contributed by atoms with Gasteiger partial charge in [0.2, 0.25) is 0 Å². The minimum Gasteiger partial charge on any atom is -0.379 e. The van der Waals surface area contributed by atoms with Crippen molar-refractivity contribution in [2.24, 2.45) is 5.92 Å². The average Bonchev–Trinajstić information content (AvgIpc) is 3.10. The van der Waals surface area contributed by atoms with E-state index >= 15 is 0 Å². The molecule has 0 radical (unpaired) electrons. The summed E-state index contributed by atoms with van der Waals surface area (Å²) in [5.74, 6) is 0.277. The van der Waals surface area contributed by atoms with Crippen LogP contribution >= 0.6 is 0 Å². The number of benzene rings is 3. The lowest BCUT2D eigenvalue weighted by Gasteiger charge is -2.25. The maximum absolute atomic E-state index is 13.6. The zero-order valence-corrected chi connectivity index (χ0v) is 18.5. The van der Waals surface area contributed by atoms with Gasteiger partial charge in [0.15, 0.2) is 0 Å². The molecule has 0 saturated carbocycles. The fourth-order valence-electron chi connectivity index (χ4n) is 4.41. The SMILES string of the molecule is O=C(c1ccccc1Nc1ccccc1)N1CCOCC(Cc2ccc3cnccc3c2)C1. The third-order valence-electron chi connectivity index (χ3n) is 6.06. The number of nitrogens with one attached hydrogen (secondary N) is 1. The molecule has 0 spiro atoms. The zero-order valence-electron chi connectivity index (χ0n) is 18.5. The second-order valence-electron chi connectivity index (χ2n) is 8.49. The number of ether oxygens (including phenoxy) is 1. The highest BCUT2D eigenvalue weighted by Crippen LogP contribution is 2.24. The molecule has 1 aliphatic rings. The zero-order chi connectivity index (χ0) is 22.5. The van der Waals surface area contributed by atoms with Crippen molar-refractivity contribution in [3.05, 3.63) is 102 Å². The molecule has 1 fully saturated rings. The number of rotatable bonds is 5. The molecule has 1 N–H and O–H groups in total. The van der Waals surface area contributed by atoms with Gasteiger partial charge in [0.05, 0.1) is 24.5 Å². The van der Waals surface area contributed by atoms with Crippen LogP contribution in [0.25, 0.3) is 10.8 Å². The number of hydrogen-bond donors (Lipinski definition) is 1. The highest BCUT2D eigenvalue weighted by molar-refractivity contribution is 6.00. The molecule has 5 heteroatoms. The summed E-state index contributed by atoms with van der Waals surface area (Å²) in [6.45, 7) is 2.48. The Kier molecular flexibility index (Phi) is 6.31. The number of pyridine rings is 1. The van der Waals surface area contributed by atoms with Gasteiger partial charge in [-0.25, -0.2) is 0 Å². The van der Waals surface area contributed by atoms with Gasteiger partial charge in [0, 0.05) is 42.5 Å². The highest BCUT2D eigenvalue weighted by atomic mass is 16.5. The molecule has 1 saturated heterocycles. The molecule has 4 aromatic rings. The number of fused-ring (bicyclic) bond motifs is 1. The second kappa shape index (κ2) is 9.84. The van der Waals surface area contributed by atoms with Gasteiger partial charge in [-0.2, -0.15) is 0 Å². The van der Waals surface area contributed by atoms with Crippen LogP contribution in [-0.2, 0) is 11.2 Å².